The normalized spacial score (nSPS) is 11.8. The van der Waals surface area contributed by atoms with Gasteiger partial charge in [0.2, 0.25) is 4.96 Å². The number of benzene rings is 2. The minimum atomic E-state index is -0.446. The zero-order valence-corrected chi connectivity index (χ0v) is 18.5. The van der Waals surface area contributed by atoms with Crippen molar-refractivity contribution in [2.45, 2.75) is 6.42 Å². The summed E-state index contributed by atoms with van der Waals surface area (Å²) in [5.41, 5.74) is 1.03. The fraction of sp³-hybridized carbons (Fsp3) is 0.143. The van der Waals surface area contributed by atoms with E-state index in [0.29, 0.717) is 10.3 Å². The molecule has 0 saturated carbocycles. The smallest absolute Gasteiger partial charge is 0.296 e. The molecule has 0 atom stereocenters. The van der Waals surface area contributed by atoms with E-state index in [9.17, 15) is 9.59 Å². The monoisotopic (exact) mass is 485 g/mol. The molecule has 30 heavy (non-hydrogen) atoms. The highest BCUT2D eigenvalue weighted by Gasteiger charge is 2.12. The summed E-state index contributed by atoms with van der Waals surface area (Å²) >= 11 is 4.53. The maximum Gasteiger partial charge on any atom is 0.296 e. The summed E-state index contributed by atoms with van der Waals surface area (Å²) in [5.74, 6) is 1.35. The van der Waals surface area contributed by atoms with Crippen molar-refractivity contribution in [1.29, 1.82) is 0 Å². The Kier molecular flexibility index (Phi) is 5.65. The van der Waals surface area contributed by atoms with Crippen LogP contribution in [-0.2, 0) is 6.42 Å². The van der Waals surface area contributed by atoms with E-state index in [2.05, 4.69) is 26.0 Å². The van der Waals surface area contributed by atoms with E-state index < -0.39 is 5.56 Å². The van der Waals surface area contributed by atoms with E-state index >= 15 is 0 Å². The molecule has 0 amide bonds. The largest absolute Gasteiger partial charge is 0.497 e. The molecule has 0 saturated heterocycles. The van der Waals surface area contributed by atoms with Gasteiger partial charge in [-0.3, -0.25) is 9.59 Å². The molecule has 0 bridgehead atoms. The van der Waals surface area contributed by atoms with Crippen LogP contribution in [-0.4, -0.2) is 28.8 Å². The second kappa shape index (κ2) is 8.37. The summed E-state index contributed by atoms with van der Waals surface area (Å²) in [5, 5.41) is 4.28. The lowest BCUT2D eigenvalue weighted by molar-refractivity contribution is 0.413. The highest BCUT2D eigenvalue weighted by Crippen LogP contribution is 2.23. The van der Waals surface area contributed by atoms with Crippen LogP contribution in [0.1, 0.15) is 16.8 Å². The first-order valence-electron chi connectivity index (χ1n) is 8.89. The highest BCUT2D eigenvalue weighted by atomic mass is 79.9. The Labute approximate surface area is 183 Å². The number of ether oxygens (including phenoxy) is 2. The second-order valence-electron chi connectivity index (χ2n) is 6.38. The molecule has 2 aromatic carbocycles. The third kappa shape index (κ3) is 3.99. The maximum absolute atomic E-state index is 12.9. The maximum atomic E-state index is 12.9. The molecule has 0 N–H and O–H groups in total. The van der Waals surface area contributed by atoms with Gasteiger partial charge in [0.15, 0.2) is 0 Å². The van der Waals surface area contributed by atoms with Crippen LogP contribution in [0.15, 0.2) is 56.5 Å². The molecule has 0 fully saturated rings. The van der Waals surface area contributed by atoms with E-state index in [0.717, 1.165) is 32.7 Å². The molecule has 4 rings (SSSR count). The fourth-order valence-corrected chi connectivity index (χ4v) is 4.22. The summed E-state index contributed by atoms with van der Waals surface area (Å²) in [4.78, 5) is 29.6. The van der Waals surface area contributed by atoms with Crippen LogP contribution in [0, 0.1) is 0 Å². The van der Waals surface area contributed by atoms with Crippen LogP contribution < -0.4 is 25.1 Å². The van der Waals surface area contributed by atoms with Crippen molar-refractivity contribution in [3.8, 4) is 11.5 Å². The molecular weight excluding hydrogens is 470 g/mol. The predicted octanol–water partition coefficient (Wildman–Crippen LogP) is 2.43. The Morgan fingerprint density at radius 1 is 1.10 bits per heavy atom. The summed E-state index contributed by atoms with van der Waals surface area (Å²) < 4.78 is 13.0. The first-order chi connectivity index (χ1) is 14.5. The van der Waals surface area contributed by atoms with Gasteiger partial charge in [0.05, 0.1) is 18.8 Å². The molecule has 7 nitrogen and oxygen atoms in total. The summed E-state index contributed by atoms with van der Waals surface area (Å²) in [6, 6.07) is 12.8. The van der Waals surface area contributed by atoms with Crippen LogP contribution in [0.25, 0.3) is 11.0 Å². The zero-order chi connectivity index (χ0) is 21.3. The van der Waals surface area contributed by atoms with E-state index in [4.69, 9.17) is 9.47 Å². The van der Waals surface area contributed by atoms with Crippen molar-refractivity contribution in [3.05, 3.63) is 89.0 Å². The van der Waals surface area contributed by atoms with Crippen molar-refractivity contribution in [1.82, 2.24) is 14.6 Å². The van der Waals surface area contributed by atoms with Crippen LogP contribution in [0.3, 0.4) is 0 Å². The number of aromatic nitrogens is 3. The second-order valence-corrected chi connectivity index (χ2v) is 8.31. The van der Waals surface area contributed by atoms with Crippen molar-refractivity contribution in [2.24, 2.45) is 0 Å². The van der Waals surface area contributed by atoms with Gasteiger partial charge in [-0.25, -0.2) is 0 Å². The predicted molar refractivity (Wildman–Crippen MR) is 119 cm³/mol. The lowest BCUT2D eigenvalue weighted by Gasteiger charge is -2.04. The average Bonchev–Trinajstić information content (AvgIpc) is 3.03. The number of hydrogen-bond donors (Lipinski definition) is 0. The Morgan fingerprint density at radius 3 is 2.57 bits per heavy atom. The SMILES string of the molecule is COc1ccc(Cc2nn3c(=O)/c(=C/c4cc(Br)ccc4OC)sc3nc2=O)cc1. The van der Waals surface area contributed by atoms with Crippen LogP contribution in [0.5, 0.6) is 11.5 Å². The van der Waals surface area contributed by atoms with E-state index in [1.165, 1.54) is 4.52 Å². The molecule has 9 heteroatoms. The number of methoxy groups -OCH3 is 2. The van der Waals surface area contributed by atoms with Gasteiger partial charge in [0.1, 0.15) is 17.2 Å². The van der Waals surface area contributed by atoms with E-state index in [1.807, 2.05) is 24.3 Å². The Bertz CT molecular complexity index is 1400. The van der Waals surface area contributed by atoms with Gasteiger partial charge in [-0.15, -0.1) is 0 Å². The quantitative estimate of drug-likeness (QED) is 0.431. The molecule has 2 aromatic heterocycles. The number of thiazole rings is 1. The van der Waals surface area contributed by atoms with E-state index in [-0.39, 0.29) is 22.6 Å². The molecule has 4 aromatic rings. The van der Waals surface area contributed by atoms with Crippen molar-refractivity contribution in [3.63, 3.8) is 0 Å². The van der Waals surface area contributed by atoms with Gasteiger partial charge in [0.25, 0.3) is 11.1 Å². The van der Waals surface area contributed by atoms with Crippen LogP contribution >= 0.6 is 27.3 Å². The van der Waals surface area contributed by atoms with Crippen molar-refractivity contribution < 1.29 is 9.47 Å². The average molecular weight is 486 g/mol. The Hall–Kier alpha value is -3.04. The van der Waals surface area contributed by atoms with Crippen LogP contribution in [0.4, 0.5) is 0 Å². The zero-order valence-electron chi connectivity index (χ0n) is 16.1. The summed E-state index contributed by atoms with van der Waals surface area (Å²) in [6.07, 6.45) is 1.98. The standard InChI is InChI=1S/C21H16BrN3O4S/c1-28-15-6-3-12(4-7-15)9-16-19(26)23-21-25(24-16)20(27)18(30-21)11-13-10-14(22)5-8-17(13)29-2/h3-8,10-11H,9H2,1-2H3/b18-11-. The number of halogens is 1. The highest BCUT2D eigenvalue weighted by molar-refractivity contribution is 9.10. The minimum absolute atomic E-state index is 0.208. The van der Waals surface area contributed by atoms with Crippen molar-refractivity contribution >= 4 is 38.3 Å². The van der Waals surface area contributed by atoms with Gasteiger partial charge in [-0.2, -0.15) is 14.6 Å². The molecule has 152 valence electrons. The molecule has 0 aliphatic heterocycles. The first kappa shape index (κ1) is 20.2. The van der Waals surface area contributed by atoms with E-state index in [1.54, 1.807) is 38.5 Å². The fourth-order valence-electron chi connectivity index (χ4n) is 2.95. The number of hydrogen-bond acceptors (Lipinski definition) is 7. The molecule has 0 aliphatic carbocycles. The molecule has 0 spiro atoms. The lowest BCUT2D eigenvalue weighted by atomic mass is 10.1. The Balaban J connectivity index is 1.79. The molecule has 2 heterocycles. The number of fused-ring (bicyclic) bond motifs is 1. The van der Waals surface area contributed by atoms with Gasteiger partial charge >= 0.3 is 0 Å². The van der Waals surface area contributed by atoms with Gasteiger partial charge in [-0.05, 0) is 42.0 Å². The third-order valence-electron chi connectivity index (χ3n) is 4.46. The topological polar surface area (TPSA) is 82.8 Å². The summed E-state index contributed by atoms with van der Waals surface area (Å²) in [7, 11) is 3.15. The van der Waals surface area contributed by atoms with Crippen molar-refractivity contribution in [2.75, 3.05) is 14.2 Å². The molecule has 0 radical (unpaired) electrons. The number of rotatable bonds is 5. The first-order valence-corrected chi connectivity index (χ1v) is 10.5. The molecular formula is C21H16BrN3O4S. The van der Waals surface area contributed by atoms with Gasteiger partial charge < -0.3 is 9.47 Å². The minimum Gasteiger partial charge on any atom is -0.497 e. The van der Waals surface area contributed by atoms with Gasteiger partial charge in [-0.1, -0.05) is 39.4 Å². The Morgan fingerprint density at radius 2 is 1.87 bits per heavy atom. The lowest BCUT2D eigenvalue weighted by Crippen LogP contribution is -2.28. The summed E-state index contributed by atoms with van der Waals surface area (Å²) in [6.45, 7) is 0. The molecule has 0 unspecified atom stereocenters. The number of nitrogens with zero attached hydrogens (tertiary/aromatic N) is 3. The van der Waals surface area contributed by atoms with Gasteiger partial charge in [0, 0.05) is 16.5 Å². The molecule has 0 aliphatic rings. The van der Waals surface area contributed by atoms with Crippen LogP contribution in [0.2, 0.25) is 0 Å². The third-order valence-corrected chi connectivity index (χ3v) is 5.91.